The van der Waals surface area contributed by atoms with E-state index in [-0.39, 0.29) is 18.0 Å². The third-order valence-corrected chi connectivity index (χ3v) is 6.22. The Morgan fingerprint density at radius 3 is 2.81 bits per heavy atom. The van der Waals surface area contributed by atoms with Crippen molar-refractivity contribution in [2.24, 2.45) is 0 Å². The molecule has 142 valence electrons. The molecule has 0 bridgehead atoms. The normalized spacial score (nSPS) is 13.9. The molecule has 0 aliphatic carbocycles. The van der Waals surface area contributed by atoms with Gasteiger partial charge in [-0.15, -0.1) is 6.58 Å². The molecule has 0 atom stereocenters. The van der Waals surface area contributed by atoms with Crippen molar-refractivity contribution in [1.82, 2.24) is 4.72 Å². The summed E-state index contributed by atoms with van der Waals surface area (Å²) in [6, 6.07) is 9.05. The minimum absolute atomic E-state index is 0.0334. The lowest BCUT2D eigenvalue weighted by molar-refractivity contribution is 0.0985. The molecule has 0 saturated heterocycles. The fourth-order valence-corrected chi connectivity index (χ4v) is 4.53. The Kier molecular flexibility index (Phi) is 5.78. The molecule has 1 N–H and O–H groups in total. The Morgan fingerprint density at radius 2 is 2.07 bits per heavy atom. The largest absolute Gasteiger partial charge is 0.308 e. The number of rotatable bonds is 5. The molecule has 0 spiro atoms. The SMILES string of the molecule is C=CCNS(=O)(=O)c1cc(C(=O)N2CCCc3cc(Br)ccc32)ccc1F. The van der Waals surface area contributed by atoms with Crippen LogP contribution in [0.1, 0.15) is 22.3 Å². The molecule has 1 heterocycles. The monoisotopic (exact) mass is 452 g/mol. The van der Waals surface area contributed by atoms with Gasteiger partial charge in [0.2, 0.25) is 10.0 Å². The molecule has 0 unspecified atom stereocenters. The van der Waals surface area contributed by atoms with Gasteiger partial charge in [-0.3, -0.25) is 4.79 Å². The highest BCUT2D eigenvalue weighted by Gasteiger charge is 2.26. The van der Waals surface area contributed by atoms with Gasteiger partial charge < -0.3 is 4.90 Å². The van der Waals surface area contributed by atoms with Gasteiger partial charge in [-0.25, -0.2) is 17.5 Å². The Morgan fingerprint density at radius 1 is 1.30 bits per heavy atom. The van der Waals surface area contributed by atoms with Crippen LogP contribution in [-0.4, -0.2) is 27.4 Å². The van der Waals surface area contributed by atoms with Crippen molar-refractivity contribution in [3.05, 3.63) is 70.5 Å². The van der Waals surface area contributed by atoms with E-state index in [4.69, 9.17) is 0 Å². The third-order valence-electron chi connectivity index (χ3n) is 4.29. The topological polar surface area (TPSA) is 66.5 Å². The van der Waals surface area contributed by atoms with Crippen molar-refractivity contribution < 1.29 is 17.6 Å². The zero-order valence-corrected chi connectivity index (χ0v) is 16.8. The first-order chi connectivity index (χ1) is 12.8. The number of fused-ring (bicyclic) bond motifs is 1. The molecule has 5 nitrogen and oxygen atoms in total. The third kappa shape index (κ3) is 4.12. The zero-order chi connectivity index (χ0) is 19.6. The summed E-state index contributed by atoms with van der Waals surface area (Å²) in [4.78, 5) is 14.1. The van der Waals surface area contributed by atoms with E-state index < -0.39 is 20.7 Å². The minimum atomic E-state index is -4.08. The molecule has 8 heteroatoms. The number of anilines is 1. The van der Waals surface area contributed by atoms with Gasteiger partial charge in [-0.2, -0.15) is 0 Å². The predicted octanol–water partition coefficient (Wildman–Crippen LogP) is 3.65. The van der Waals surface area contributed by atoms with Gasteiger partial charge in [0.15, 0.2) is 0 Å². The molecule has 0 radical (unpaired) electrons. The van der Waals surface area contributed by atoms with Crippen molar-refractivity contribution in [2.45, 2.75) is 17.7 Å². The number of hydrogen-bond donors (Lipinski definition) is 1. The fourth-order valence-electron chi connectivity index (χ4n) is 3.02. The first-order valence-electron chi connectivity index (χ1n) is 8.34. The highest BCUT2D eigenvalue weighted by molar-refractivity contribution is 9.10. The maximum Gasteiger partial charge on any atom is 0.258 e. The van der Waals surface area contributed by atoms with Crippen LogP contribution in [0.15, 0.2) is 58.4 Å². The van der Waals surface area contributed by atoms with Crippen LogP contribution in [0.25, 0.3) is 0 Å². The smallest absolute Gasteiger partial charge is 0.258 e. The van der Waals surface area contributed by atoms with E-state index in [0.29, 0.717) is 6.54 Å². The van der Waals surface area contributed by atoms with Crippen molar-refractivity contribution in [1.29, 1.82) is 0 Å². The first-order valence-corrected chi connectivity index (χ1v) is 10.6. The number of nitrogens with one attached hydrogen (secondary N) is 1. The van der Waals surface area contributed by atoms with E-state index in [1.807, 2.05) is 18.2 Å². The summed E-state index contributed by atoms with van der Waals surface area (Å²) in [5.41, 5.74) is 1.94. The van der Waals surface area contributed by atoms with Crippen molar-refractivity contribution in [3.8, 4) is 0 Å². The zero-order valence-electron chi connectivity index (χ0n) is 14.4. The second-order valence-electron chi connectivity index (χ2n) is 6.12. The molecule has 0 aromatic heterocycles. The van der Waals surface area contributed by atoms with Crippen LogP contribution in [0.3, 0.4) is 0 Å². The van der Waals surface area contributed by atoms with Gasteiger partial charge >= 0.3 is 0 Å². The van der Waals surface area contributed by atoms with Crippen molar-refractivity contribution in [2.75, 3.05) is 18.0 Å². The molecular formula is C19H18BrFN2O3S. The van der Waals surface area contributed by atoms with E-state index in [2.05, 4.69) is 27.2 Å². The summed E-state index contributed by atoms with van der Waals surface area (Å²) in [5.74, 6) is -1.27. The van der Waals surface area contributed by atoms with Crippen molar-refractivity contribution >= 4 is 37.5 Å². The van der Waals surface area contributed by atoms with Crippen LogP contribution in [-0.2, 0) is 16.4 Å². The molecule has 1 amide bonds. The second kappa shape index (κ2) is 7.92. The predicted molar refractivity (Wildman–Crippen MR) is 106 cm³/mol. The van der Waals surface area contributed by atoms with E-state index in [1.165, 1.54) is 12.1 Å². The summed E-state index contributed by atoms with van der Waals surface area (Å²) in [6.07, 6.45) is 3.00. The van der Waals surface area contributed by atoms with E-state index in [9.17, 15) is 17.6 Å². The Bertz CT molecular complexity index is 1010. The number of aryl methyl sites for hydroxylation is 1. The van der Waals surface area contributed by atoms with Gasteiger partial charge in [-0.05, 0) is 54.8 Å². The lowest BCUT2D eigenvalue weighted by atomic mass is 10.0. The van der Waals surface area contributed by atoms with Crippen LogP contribution in [0.4, 0.5) is 10.1 Å². The standard InChI is InChI=1S/C19H18BrFN2O3S/c1-2-9-22-27(25,26)18-12-14(5-7-16(18)21)19(24)23-10-3-4-13-11-15(20)6-8-17(13)23/h2,5-8,11-12,22H,1,3-4,9-10H2. The molecule has 2 aromatic carbocycles. The second-order valence-corrected chi connectivity index (χ2v) is 8.77. The van der Waals surface area contributed by atoms with Crippen molar-refractivity contribution in [3.63, 3.8) is 0 Å². The van der Waals surface area contributed by atoms with Crippen LogP contribution in [0, 0.1) is 5.82 Å². The van der Waals surface area contributed by atoms with E-state index in [0.717, 1.165) is 40.7 Å². The first kappa shape index (κ1) is 19.7. The van der Waals surface area contributed by atoms with Gasteiger partial charge in [0.1, 0.15) is 10.7 Å². The van der Waals surface area contributed by atoms with Crippen LogP contribution < -0.4 is 9.62 Å². The molecule has 1 aliphatic rings. The Labute approximate surface area is 166 Å². The quantitative estimate of drug-likeness (QED) is 0.704. The average Bonchev–Trinajstić information content (AvgIpc) is 2.65. The van der Waals surface area contributed by atoms with Crippen LogP contribution in [0.2, 0.25) is 0 Å². The fraction of sp³-hybridized carbons (Fsp3) is 0.211. The number of sulfonamides is 1. The summed E-state index contributed by atoms with van der Waals surface area (Å²) >= 11 is 3.43. The lowest BCUT2D eigenvalue weighted by Gasteiger charge is -2.30. The van der Waals surface area contributed by atoms with Crippen LogP contribution >= 0.6 is 15.9 Å². The van der Waals surface area contributed by atoms with Gasteiger partial charge in [-0.1, -0.05) is 22.0 Å². The highest BCUT2D eigenvalue weighted by atomic mass is 79.9. The maximum absolute atomic E-state index is 14.1. The van der Waals surface area contributed by atoms with Crippen LogP contribution in [0.5, 0.6) is 0 Å². The number of halogens is 2. The molecular weight excluding hydrogens is 435 g/mol. The van der Waals surface area contributed by atoms with Gasteiger partial charge in [0.05, 0.1) is 0 Å². The number of carbonyl (C=O) groups excluding carboxylic acids is 1. The highest BCUT2D eigenvalue weighted by Crippen LogP contribution is 2.31. The minimum Gasteiger partial charge on any atom is -0.308 e. The summed E-state index contributed by atoms with van der Waals surface area (Å²) in [7, 11) is -4.08. The van der Waals surface area contributed by atoms with Gasteiger partial charge in [0, 0.05) is 28.8 Å². The molecule has 2 aromatic rings. The molecule has 27 heavy (non-hydrogen) atoms. The molecule has 0 fully saturated rings. The van der Waals surface area contributed by atoms with Gasteiger partial charge in [0.25, 0.3) is 5.91 Å². The molecule has 3 rings (SSSR count). The number of hydrogen-bond acceptors (Lipinski definition) is 3. The lowest BCUT2D eigenvalue weighted by Crippen LogP contribution is -2.35. The molecule has 1 aliphatic heterocycles. The summed E-state index contributed by atoms with van der Waals surface area (Å²) in [6.45, 7) is 3.91. The summed E-state index contributed by atoms with van der Waals surface area (Å²) in [5, 5.41) is 0. The molecule has 0 saturated carbocycles. The number of amides is 1. The van der Waals surface area contributed by atoms with E-state index >= 15 is 0 Å². The average molecular weight is 453 g/mol. The number of benzene rings is 2. The Balaban J connectivity index is 1.98. The van der Waals surface area contributed by atoms with E-state index in [1.54, 1.807) is 4.90 Å². The summed E-state index contributed by atoms with van der Waals surface area (Å²) < 4.78 is 41.8. The number of carbonyl (C=O) groups is 1. The Hall–Kier alpha value is -2.03. The number of nitrogens with zero attached hydrogens (tertiary/aromatic N) is 1. The maximum atomic E-state index is 14.1.